The number of fused-ring (bicyclic) bond motifs is 1. The summed E-state index contributed by atoms with van der Waals surface area (Å²) < 4.78 is 29.8. The average molecular weight is 373 g/mol. The summed E-state index contributed by atoms with van der Waals surface area (Å²) in [7, 11) is -3.58. The lowest BCUT2D eigenvalue weighted by Crippen LogP contribution is -2.49. The Labute approximate surface area is 151 Å². The van der Waals surface area contributed by atoms with E-state index in [2.05, 4.69) is 14.4 Å². The number of hydrogen-bond donors (Lipinski definition) is 0. The van der Waals surface area contributed by atoms with Crippen LogP contribution in [-0.4, -0.2) is 66.6 Å². The van der Waals surface area contributed by atoms with Gasteiger partial charge in [-0.05, 0) is 18.2 Å². The van der Waals surface area contributed by atoms with Crippen LogP contribution in [0.2, 0.25) is 0 Å². The summed E-state index contributed by atoms with van der Waals surface area (Å²) in [5.74, 6) is 0.543. The summed E-state index contributed by atoms with van der Waals surface area (Å²) in [5.41, 5.74) is 0.578. The lowest BCUT2D eigenvalue weighted by Gasteiger charge is -2.35. The van der Waals surface area contributed by atoms with E-state index in [-0.39, 0.29) is 10.5 Å². The Kier molecular flexibility index (Phi) is 4.33. The molecule has 8 nitrogen and oxygen atoms in total. The van der Waals surface area contributed by atoms with Gasteiger partial charge < -0.3 is 4.90 Å². The highest BCUT2D eigenvalue weighted by Crippen LogP contribution is 2.27. The number of rotatable bonds is 3. The van der Waals surface area contributed by atoms with Crippen molar-refractivity contribution in [1.82, 2.24) is 19.6 Å². The van der Waals surface area contributed by atoms with Crippen LogP contribution in [0.3, 0.4) is 0 Å². The molecule has 2 aliphatic rings. The van der Waals surface area contributed by atoms with Crippen LogP contribution in [0.1, 0.15) is 5.56 Å². The summed E-state index contributed by atoms with van der Waals surface area (Å²) in [6, 6.07) is 10.1. The molecule has 0 unspecified atom stereocenters. The second-order valence-corrected chi connectivity index (χ2v) is 7.87. The van der Waals surface area contributed by atoms with Crippen LogP contribution >= 0.6 is 0 Å². The Balaban J connectivity index is 1.40. The normalized spacial score (nSPS) is 19.2. The van der Waals surface area contributed by atoms with Crippen LogP contribution in [0, 0.1) is 0 Å². The summed E-state index contributed by atoms with van der Waals surface area (Å²) in [5, 5.41) is 4.06. The molecule has 9 heteroatoms. The largest absolute Gasteiger partial charge is 0.353 e. The smallest absolute Gasteiger partial charge is 0.285 e. The van der Waals surface area contributed by atoms with Crippen molar-refractivity contribution in [2.75, 3.05) is 32.7 Å². The summed E-state index contributed by atoms with van der Waals surface area (Å²) in [4.78, 5) is 16.2. The van der Waals surface area contributed by atoms with Crippen LogP contribution in [0.5, 0.6) is 0 Å². The van der Waals surface area contributed by atoms with Crippen LogP contribution in [0.25, 0.3) is 0 Å². The zero-order valence-corrected chi connectivity index (χ0v) is 15.0. The standard InChI is InChI=1S/C17H19N5O3S/c23-16-6-3-7-18-22(16)13-10-20-8-11-21(12-9-20)17-14-4-1-2-5-15(14)26(24,25)19-17/h1-7H,8-13H2. The highest BCUT2D eigenvalue weighted by atomic mass is 32.2. The zero-order valence-electron chi connectivity index (χ0n) is 14.2. The van der Waals surface area contributed by atoms with Gasteiger partial charge in [-0.25, -0.2) is 4.68 Å². The summed E-state index contributed by atoms with van der Waals surface area (Å²) >= 11 is 0. The molecule has 0 saturated carbocycles. The molecule has 0 radical (unpaired) electrons. The molecular formula is C17H19N5O3S. The number of amidine groups is 1. The van der Waals surface area contributed by atoms with Crippen molar-refractivity contribution >= 4 is 15.9 Å². The molecule has 0 aliphatic carbocycles. The first-order valence-corrected chi connectivity index (χ1v) is 9.92. The predicted octanol–water partition coefficient (Wildman–Crippen LogP) is 0.0100. The van der Waals surface area contributed by atoms with Crippen molar-refractivity contribution in [2.24, 2.45) is 4.40 Å². The van der Waals surface area contributed by atoms with E-state index in [1.807, 2.05) is 11.0 Å². The Morgan fingerprint density at radius 2 is 1.73 bits per heavy atom. The fourth-order valence-corrected chi connectivity index (χ4v) is 4.52. The molecule has 1 aromatic heterocycles. The molecule has 136 valence electrons. The number of hydrogen-bond acceptors (Lipinski definition) is 6. The number of sulfonamides is 1. The van der Waals surface area contributed by atoms with Gasteiger partial charge in [-0.3, -0.25) is 9.69 Å². The van der Waals surface area contributed by atoms with Crippen molar-refractivity contribution in [3.05, 3.63) is 58.5 Å². The maximum Gasteiger partial charge on any atom is 0.285 e. The summed E-state index contributed by atoms with van der Waals surface area (Å²) in [6.07, 6.45) is 1.61. The van der Waals surface area contributed by atoms with Crippen molar-refractivity contribution in [1.29, 1.82) is 0 Å². The predicted molar refractivity (Wildman–Crippen MR) is 96.7 cm³/mol. The molecule has 26 heavy (non-hydrogen) atoms. The number of nitrogens with zero attached hydrogens (tertiary/aromatic N) is 5. The number of piperazine rings is 1. The van der Waals surface area contributed by atoms with Crippen molar-refractivity contribution < 1.29 is 8.42 Å². The second-order valence-electron chi connectivity index (χ2n) is 6.30. The van der Waals surface area contributed by atoms with Crippen molar-refractivity contribution in [3.63, 3.8) is 0 Å². The lowest BCUT2D eigenvalue weighted by atomic mass is 10.1. The fourth-order valence-electron chi connectivity index (χ4n) is 3.29. The van der Waals surface area contributed by atoms with Crippen LogP contribution in [0.15, 0.2) is 56.7 Å². The minimum atomic E-state index is -3.58. The minimum Gasteiger partial charge on any atom is -0.353 e. The molecular weight excluding hydrogens is 354 g/mol. The van der Waals surface area contributed by atoms with E-state index in [0.717, 1.165) is 19.6 Å². The monoisotopic (exact) mass is 373 g/mol. The zero-order chi connectivity index (χ0) is 18.1. The van der Waals surface area contributed by atoms with Crippen molar-refractivity contribution in [2.45, 2.75) is 11.4 Å². The lowest BCUT2D eigenvalue weighted by molar-refractivity contribution is 0.174. The quantitative estimate of drug-likeness (QED) is 0.753. The van der Waals surface area contributed by atoms with Gasteiger partial charge in [-0.15, -0.1) is 4.40 Å². The Hall–Kier alpha value is -2.52. The Morgan fingerprint density at radius 3 is 2.50 bits per heavy atom. The second kappa shape index (κ2) is 6.65. The number of benzene rings is 1. The summed E-state index contributed by atoms with van der Waals surface area (Å²) in [6.45, 7) is 4.22. The molecule has 1 aromatic carbocycles. The molecule has 3 heterocycles. The third kappa shape index (κ3) is 3.15. The maximum absolute atomic E-state index is 12.2. The molecule has 0 amide bonds. The van der Waals surface area contributed by atoms with Gasteiger partial charge >= 0.3 is 0 Å². The first-order valence-electron chi connectivity index (χ1n) is 8.48. The van der Waals surface area contributed by atoms with Crippen molar-refractivity contribution in [3.8, 4) is 0 Å². The van der Waals surface area contributed by atoms with Crippen LogP contribution in [0.4, 0.5) is 0 Å². The Morgan fingerprint density at radius 1 is 0.962 bits per heavy atom. The van der Waals surface area contributed by atoms with Gasteiger partial charge in [-0.1, -0.05) is 12.1 Å². The topological polar surface area (TPSA) is 87.9 Å². The molecule has 0 atom stereocenters. The molecule has 2 aromatic rings. The molecule has 1 fully saturated rings. The molecule has 0 N–H and O–H groups in total. The third-order valence-electron chi connectivity index (χ3n) is 4.70. The van der Waals surface area contributed by atoms with Gasteiger partial charge in [0.05, 0.1) is 6.54 Å². The van der Waals surface area contributed by atoms with E-state index >= 15 is 0 Å². The fraction of sp³-hybridized carbons (Fsp3) is 0.353. The average Bonchev–Trinajstić information content (AvgIpc) is 2.93. The van der Waals surface area contributed by atoms with E-state index in [0.29, 0.717) is 31.0 Å². The first kappa shape index (κ1) is 16.9. The molecule has 4 rings (SSSR count). The minimum absolute atomic E-state index is 0.103. The van der Waals surface area contributed by atoms with E-state index in [9.17, 15) is 13.2 Å². The third-order valence-corrected chi connectivity index (χ3v) is 6.02. The van der Waals surface area contributed by atoms with Gasteiger partial charge in [0.25, 0.3) is 15.6 Å². The van der Waals surface area contributed by atoms with Gasteiger partial charge in [0.15, 0.2) is 5.84 Å². The number of aromatic nitrogens is 2. The van der Waals surface area contributed by atoms with Gasteiger partial charge in [0, 0.05) is 50.6 Å². The van der Waals surface area contributed by atoms with E-state index in [1.165, 1.54) is 10.7 Å². The van der Waals surface area contributed by atoms with Gasteiger partial charge in [-0.2, -0.15) is 13.5 Å². The van der Waals surface area contributed by atoms with E-state index in [4.69, 9.17) is 0 Å². The SMILES string of the molecule is O=c1cccnn1CCN1CCN(C2=NS(=O)(=O)c3ccccc32)CC1. The Bertz CT molecular complexity index is 1010. The molecule has 2 aliphatic heterocycles. The van der Waals surface area contributed by atoms with Gasteiger partial charge in [0.1, 0.15) is 4.90 Å². The van der Waals surface area contributed by atoms with E-state index in [1.54, 1.807) is 30.5 Å². The maximum atomic E-state index is 12.2. The van der Waals surface area contributed by atoms with Crippen LogP contribution in [-0.2, 0) is 16.6 Å². The highest BCUT2D eigenvalue weighted by Gasteiger charge is 2.32. The first-order chi connectivity index (χ1) is 12.5. The molecule has 0 spiro atoms. The van der Waals surface area contributed by atoms with Crippen LogP contribution < -0.4 is 5.56 Å². The van der Waals surface area contributed by atoms with E-state index < -0.39 is 10.0 Å². The molecule has 0 bridgehead atoms. The highest BCUT2D eigenvalue weighted by molar-refractivity contribution is 7.90. The molecule has 1 saturated heterocycles. The van der Waals surface area contributed by atoms with Gasteiger partial charge in [0.2, 0.25) is 0 Å².